The molecule has 0 amide bonds. The minimum absolute atomic E-state index is 0.807. The monoisotopic (exact) mass is 220 g/mol. The van der Waals surface area contributed by atoms with Crippen molar-refractivity contribution in [1.82, 2.24) is 10.2 Å². The first-order valence-corrected chi connectivity index (χ1v) is 6.58. The predicted octanol–water partition coefficient (Wildman–Crippen LogP) is 2.19. The molecule has 0 radical (unpaired) electrons. The van der Waals surface area contributed by atoms with Crippen molar-refractivity contribution in [3.05, 3.63) is 23.3 Å². The van der Waals surface area contributed by atoms with Crippen molar-refractivity contribution in [2.45, 2.75) is 26.2 Å². The van der Waals surface area contributed by atoms with Crippen LogP contribution in [0.15, 0.2) is 23.3 Å². The van der Waals surface area contributed by atoms with E-state index in [2.05, 4.69) is 36.3 Å². The highest BCUT2D eigenvalue weighted by Crippen LogP contribution is 2.28. The summed E-state index contributed by atoms with van der Waals surface area (Å²) in [7, 11) is 2.20. The van der Waals surface area contributed by atoms with Gasteiger partial charge in [-0.3, -0.25) is 0 Å². The molecule has 0 saturated carbocycles. The van der Waals surface area contributed by atoms with Crippen molar-refractivity contribution in [2.75, 3.05) is 33.2 Å². The second-order valence-electron chi connectivity index (χ2n) is 5.06. The lowest BCUT2D eigenvalue weighted by Crippen LogP contribution is -2.18. The summed E-state index contributed by atoms with van der Waals surface area (Å²) in [5.74, 6) is 0.807. The maximum Gasteiger partial charge on any atom is 0.0171 e. The number of hydrogen-bond donors (Lipinski definition) is 1. The summed E-state index contributed by atoms with van der Waals surface area (Å²) in [5, 5.41) is 3.46. The number of rotatable bonds is 5. The van der Waals surface area contributed by atoms with Crippen LogP contribution in [0.5, 0.6) is 0 Å². The molecule has 2 nitrogen and oxygen atoms in total. The van der Waals surface area contributed by atoms with E-state index >= 15 is 0 Å². The summed E-state index contributed by atoms with van der Waals surface area (Å²) in [6, 6.07) is 0. The molecule has 1 N–H and O–H groups in total. The number of nitrogens with one attached hydrogen (secondary N) is 1. The molecule has 1 saturated heterocycles. The van der Waals surface area contributed by atoms with Crippen LogP contribution >= 0.6 is 0 Å². The fraction of sp³-hybridized carbons (Fsp3) is 0.714. The molecular weight excluding hydrogens is 196 g/mol. The molecule has 1 fully saturated rings. The molecule has 0 bridgehead atoms. The molecule has 1 aliphatic heterocycles. The van der Waals surface area contributed by atoms with Crippen molar-refractivity contribution < 1.29 is 0 Å². The largest absolute Gasteiger partial charge is 0.312 e. The van der Waals surface area contributed by atoms with E-state index in [1.807, 2.05) is 0 Å². The minimum atomic E-state index is 0.807. The Kier molecular flexibility index (Phi) is 4.19. The summed E-state index contributed by atoms with van der Waals surface area (Å²) >= 11 is 0. The van der Waals surface area contributed by atoms with Gasteiger partial charge in [-0.1, -0.05) is 30.2 Å². The first-order valence-electron chi connectivity index (χ1n) is 6.58. The Morgan fingerprint density at radius 2 is 2.38 bits per heavy atom. The molecule has 0 spiro atoms. The number of hydrogen-bond acceptors (Lipinski definition) is 2. The van der Waals surface area contributed by atoms with Crippen LogP contribution in [0.3, 0.4) is 0 Å². The Balaban J connectivity index is 1.76. The van der Waals surface area contributed by atoms with E-state index in [0.717, 1.165) is 19.0 Å². The third-order valence-corrected chi connectivity index (χ3v) is 3.82. The normalized spacial score (nSPS) is 24.3. The quantitative estimate of drug-likeness (QED) is 0.764. The predicted molar refractivity (Wildman–Crippen MR) is 69.5 cm³/mol. The van der Waals surface area contributed by atoms with E-state index in [4.69, 9.17) is 0 Å². The highest BCUT2D eigenvalue weighted by molar-refractivity contribution is 5.32. The van der Waals surface area contributed by atoms with Gasteiger partial charge in [-0.25, -0.2) is 0 Å². The highest BCUT2D eigenvalue weighted by Gasteiger charge is 2.22. The van der Waals surface area contributed by atoms with Crippen LogP contribution in [0.25, 0.3) is 0 Å². The Labute approximate surface area is 99.4 Å². The Bertz CT molecular complexity index is 291. The van der Waals surface area contributed by atoms with Crippen LogP contribution in [0.2, 0.25) is 0 Å². The van der Waals surface area contributed by atoms with E-state index in [1.54, 1.807) is 11.1 Å². The smallest absolute Gasteiger partial charge is 0.0171 e. The van der Waals surface area contributed by atoms with Crippen molar-refractivity contribution in [3.8, 4) is 0 Å². The lowest BCUT2D eigenvalue weighted by molar-refractivity contribution is 0.347. The molecule has 90 valence electrons. The second-order valence-corrected chi connectivity index (χ2v) is 5.06. The van der Waals surface area contributed by atoms with E-state index in [1.165, 1.54) is 32.4 Å². The minimum Gasteiger partial charge on any atom is -0.312 e. The van der Waals surface area contributed by atoms with E-state index < -0.39 is 0 Å². The van der Waals surface area contributed by atoms with Crippen molar-refractivity contribution in [3.63, 3.8) is 0 Å². The zero-order chi connectivity index (χ0) is 11.4. The van der Waals surface area contributed by atoms with Gasteiger partial charge in [0, 0.05) is 13.1 Å². The molecule has 0 aromatic heterocycles. The standard InChI is InChI=1S/C14H24N2/c1-3-16(2)8-4-5-12-6-7-13-10-15-11-14(13)9-12/h6,9,13,15H,3-5,7-8,10-11H2,1-2H3. The maximum atomic E-state index is 3.46. The topological polar surface area (TPSA) is 15.3 Å². The Hall–Kier alpha value is -0.600. The Morgan fingerprint density at radius 3 is 3.19 bits per heavy atom. The number of nitrogens with zero attached hydrogens (tertiary/aromatic N) is 1. The molecule has 2 rings (SSSR count). The third-order valence-electron chi connectivity index (χ3n) is 3.82. The summed E-state index contributed by atoms with van der Waals surface area (Å²) in [6.07, 6.45) is 8.70. The van der Waals surface area contributed by atoms with Gasteiger partial charge in [0.05, 0.1) is 0 Å². The van der Waals surface area contributed by atoms with Gasteiger partial charge in [0.25, 0.3) is 0 Å². The van der Waals surface area contributed by atoms with Crippen LogP contribution in [0.1, 0.15) is 26.2 Å². The van der Waals surface area contributed by atoms with Crippen LogP contribution in [-0.4, -0.2) is 38.1 Å². The second kappa shape index (κ2) is 5.65. The van der Waals surface area contributed by atoms with E-state index in [9.17, 15) is 0 Å². The van der Waals surface area contributed by atoms with Crippen LogP contribution in [0.4, 0.5) is 0 Å². The first-order chi connectivity index (χ1) is 7.79. The maximum absolute atomic E-state index is 3.46. The average molecular weight is 220 g/mol. The molecular formula is C14H24N2. The molecule has 2 heteroatoms. The fourth-order valence-electron chi connectivity index (χ4n) is 2.55. The van der Waals surface area contributed by atoms with Crippen molar-refractivity contribution in [2.24, 2.45) is 5.92 Å². The molecule has 16 heavy (non-hydrogen) atoms. The van der Waals surface area contributed by atoms with Crippen LogP contribution in [-0.2, 0) is 0 Å². The zero-order valence-electron chi connectivity index (χ0n) is 10.6. The van der Waals surface area contributed by atoms with Gasteiger partial charge >= 0.3 is 0 Å². The van der Waals surface area contributed by atoms with Gasteiger partial charge in [0.2, 0.25) is 0 Å². The molecule has 1 unspecified atom stereocenters. The molecule has 0 aromatic carbocycles. The zero-order valence-corrected chi connectivity index (χ0v) is 10.6. The Morgan fingerprint density at radius 1 is 1.50 bits per heavy atom. The highest BCUT2D eigenvalue weighted by atomic mass is 15.1. The first kappa shape index (κ1) is 11.9. The van der Waals surface area contributed by atoms with Crippen LogP contribution < -0.4 is 5.32 Å². The van der Waals surface area contributed by atoms with Gasteiger partial charge in [0.15, 0.2) is 0 Å². The summed E-state index contributed by atoms with van der Waals surface area (Å²) in [4.78, 5) is 2.39. The lowest BCUT2D eigenvalue weighted by atomic mass is 9.89. The number of fused-ring (bicyclic) bond motifs is 1. The van der Waals surface area contributed by atoms with Gasteiger partial charge in [-0.05, 0) is 45.3 Å². The summed E-state index contributed by atoms with van der Waals surface area (Å²) in [5.41, 5.74) is 3.21. The molecule has 1 aliphatic carbocycles. The molecule has 0 aromatic rings. The van der Waals surface area contributed by atoms with Gasteiger partial charge in [-0.15, -0.1) is 0 Å². The van der Waals surface area contributed by atoms with E-state index in [0.29, 0.717) is 0 Å². The van der Waals surface area contributed by atoms with Crippen LogP contribution in [0, 0.1) is 5.92 Å². The summed E-state index contributed by atoms with van der Waals surface area (Å²) < 4.78 is 0. The van der Waals surface area contributed by atoms with Crippen molar-refractivity contribution in [1.29, 1.82) is 0 Å². The fourth-order valence-corrected chi connectivity index (χ4v) is 2.55. The SMILES string of the molecule is CCN(C)CCCC1=CCC2CNCC2=C1. The van der Waals surface area contributed by atoms with Gasteiger partial charge in [-0.2, -0.15) is 0 Å². The lowest BCUT2D eigenvalue weighted by Gasteiger charge is -2.17. The van der Waals surface area contributed by atoms with Gasteiger partial charge in [0.1, 0.15) is 0 Å². The van der Waals surface area contributed by atoms with Gasteiger partial charge < -0.3 is 10.2 Å². The molecule has 1 atom stereocenters. The summed E-state index contributed by atoms with van der Waals surface area (Å²) in [6.45, 7) is 6.91. The van der Waals surface area contributed by atoms with E-state index in [-0.39, 0.29) is 0 Å². The molecule has 1 heterocycles. The van der Waals surface area contributed by atoms with Crippen molar-refractivity contribution >= 4 is 0 Å². The molecule has 2 aliphatic rings. The number of allylic oxidation sites excluding steroid dienone is 3. The average Bonchev–Trinajstić information content (AvgIpc) is 2.76. The third kappa shape index (κ3) is 2.96.